The Labute approximate surface area is 148 Å². The highest BCUT2D eigenvalue weighted by atomic mass is 16.3. The van der Waals surface area contributed by atoms with E-state index in [1.165, 1.54) is 10.8 Å². The number of nitrogens with zero attached hydrogens (tertiary/aromatic N) is 4. The lowest BCUT2D eigenvalue weighted by Gasteiger charge is -2.10. The molecule has 0 spiro atoms. The van der Waals surface area contributed by atoms with Gasteiger partial charge in [-0.3, -0.25) is 9.59 Å². The predicted molar refractivity (Wildman–Crippen MR) is 91.9 cm³/mol. The Morgan fingerprint density at radius 2 is 2.04 bits per heavy atom. The Bertz CT molecular complexity index is 947. The third kappa shape index (κ3) is 3.79. The number of hydrogen-bond acceptors (Lipinski definition) is 7. The smallest absolute Gasteiger partial charge is 0.254 e. The van der Waals surface area contributed by atoms with E-state index in [2.05, 4.69) is 25.7 Å². The fourth-order valence-electron chi connectivity index (χ4n) is 2.54. The van der Waals surface area contributed by atoms with E-state index in [9.17, 15) is 9.59 Å². The second-order valence-corrected chi connectivity index (χ2v) is 5.75. The highest BCUT2D eigenvalue weighted by Gasteiger charge is 2.16. The van der Waals surface area contributed by atoms with Crippen LogP contribution in [0.1, 0.15) is 22.7 Å². The van der Waals surface area contributed by atoms with E-state index >= 15 is 0 Å². The number of nitrogens with one attached hydrogen (secondary N) is 2. The van der Waals surface area contributed by atoms with Crippen molar-refractivity contribution in [3.63, 3.8) is 0 Å². The molecule has 0 aromatic carbocycles. The van der Waals surface area contributed by atoms with Crippen LogP contribution in [0, 0.1) is 13.8 Å². The van der Waals surface area contributed by atoms with Crippen LogP contribution < -0.4 is 16.4 Å². The van der Waals surface area contributed by atoms with Gasteiger partial charge in [0.05, 0.1) is 25.8 Å². The van der Waals surface area contributed by atoms with Crippen LogP contribution in [-0.4, -0.2) is 37.9 Å². The van der Waals surface area contributed by atoms with Gasteiger partial charge in [-0.1, -0.05) is 0 Å². The number of furan rings is 1. The average molecular weight is 357 g/mol. The van der Waals surface area contributed by atoms with E-state index < -0.39 is 0 Å². The SMILES string of the molecule is Cc1nc2nc(N)nn2c(C)c1CC(=O)NCC(=O)NCc1ccco1. The Balaban J connectivity index is 1.57. The minimum Gasteiger partial charge on any atom is -0.467 e. The summed E-state index contributed by atoms with van der Waals surface area (Å²) in [5.41, 5.74) is 7.71. The lowest BCUT2D eigenvalue weighted by molar-refractivity contribution is -0.125. The first kappa shape index (κ1) is 17.4. The van der Waals surface area contributed by atoms with Crippen LogP contribution in [0.4, 0.5) is 5.95 Å². The van der Waals surface area contributed by atoms with Gasteiger partial charge in [0.2, 0.25) is 17.8 Å². The van der Waals surface area contributed by atoms with Gasteiger partial charge in [-0.2, -0.15) is 9.50 Å². The lowest BCUT2D eigenvalue weighted by atomic mass is 10.1. The van der Waals surface area contributed by atoms with E-state index in [0.29, 0.717) is 17.2 Å². The summed E-state index contributed by atoms with van der Waals surface area (Å²) < 4.78 is 6.62. The second kappa shape index (κ2) is 7.21. The van der Waals surface area contributed by atoms with Crippen LogP contribution in [0.15, 0.2) is 22.8 Å². The molecule has 3 aromatic rings. The van der Waals surface area contributed by atoms with Gasteiger partial charge in [0.15, 0.2) is 0 Å². The molecule has 3 rings (SSSR count). The first-order chi connectivity index (χ1) is 12.4. The summed E-state index contributed by atoms with van der Waals surface area (Å²) in [5, 5.41) is 9.31. The molecule has 0 aliphatic carbocycles. The summed E-state index contributed by atoms with van der Waals surface area (Å²) in [5.74, 6) is 0.551. The lowest BCUT2D eigenvalue weighted by Crippen LogP contribution is -2.37. The average Bonchev–Trinajstić information content (AvgIpc) is 3.24. The van der Waals surface area contributed by atoms with Gasteiger partial charge >= 0.3 is 0 Å². The van der Waals surface area contributed by atoms with Gasteiger partial charge in [0.25, 0.3) is 5.78 Å². The molecule has 0 atom stereocenters. The number of aromatic nitrogens is 4. The molecule has 0 aliphatic rings. The number of aryl methyl sites for hydroxylation is 2. The van der Waals surface area contributed by atoms with Gasteiger partial charge < -0.3 is 20.8 Å². The van der Waals surface area contributed by atoms with Gasteiger partial charge in [-0.15, -0.1) is 5.10 Å². The monoisotopic (exact) mass is 357 g/mol. The molecule has 0 saturated carbocycles. The van der Waals surface area contributed by atoms with E-state index in [1.807, 2.05) is 6.92 Å². The molecule has 10 nitrogen and oxygen atoms in total. The van der Waals surface area contributed by atoms with Crippen molar-refractivity contribution in [2.45, 2.75) is 26.8 Å². The Morgan fingerprint density at radius 3 is 2.77 bits per heavy atom. The van der Waals surface area contributed by atoms with Crippen molar-refractivity contribution in [3.8, 4) is 0 Å². The van der Waals surface area contributed by atoms with Crippen molar-refractivity contribution in [1.29, 1.82) is 0 Å². The largest absolute Gasteiger partial charge is 0.467 e. The first-order valence-corrected chi connectivity index (χ1v) is 7.98. The minimum absolute atomic E-state index is 0.0752. The Morgan fingerprint density at radius 1 is 1.23 bits per heavy atom. The van der Waals surface area contributed by atoms with E-state index in [-0.39, 0.29) is 37.3 Å². The summed E-state index contributed by atoms with van der Waals surface area (Å²) in [7, 11) is 0. The van der Waals surface area contributed by atoms with Crippen molar-refractivity contribution < 1.29 is 14.0 Å². The molecule has 0 fully saturated rings. The molecule has 0 unspecified atom stereocenters. The molecule has 0 bridgehead atoms. The Hall–Kier alpha value is -3.43. The third-order valence-electron chi connectivity index (χ3n) is 3.89. The zero-order chi connectivity index (χ0) is 18.7. The van der Waals surface area contributed by atoms with Crippen LogP contribution in [0.25, 0.3) is 5.78 Å². The van der Waals surface area contributed by atoms with Crippen LogP contribution in [-0.2, 0) is 22.6 Å². The fourth-order valence-corrected chi connectivity index (χ4v) is 2.54. The number of hydrogen-bond donors (Lipinski definition) is 3. The van der Waals surface area contributed by atoms with Gasteiger partial charge in [-0.25, -0.2) is 4.98 Å². The van der Waals surface area contributed by atoms with E-state index in [0.717, 1.165) is 11.3 Å². The predicted octanol–water partition coefficient (Wildman–Crippen LogP) is -0.109. The number of anilines is 1. The first-order valence-electron chi connectivity index (χ1n) is 7.98. The highest BCUT2D eigenvalue weighted by molar-refractivity contribution is 5.85. The highest BCUT2D eigenvalue weighted by Crippen LogP contribution is 2.14. The Kier molecular flexibility index (Phi) is 4.83. The normalized spacial score (nSPS) is 10.8. The molecule has 2 amide bonds. The maximum atomic E-state index is 12.2. The summed E-state index contributed by atoms with van der Waals surface area (Å²) in [6, 6.07) is 3.49. The molecule has 4 N–H and O–H groups in total. The third-order valence-corrected chi connectivity index (χ3v) is 3.89. The van der Waals surface area contributed by atoms with E-state index in [1.54, 1.807) is 19.1 Å². The molecule has 26 heavy (non-hydrogen) atoms. The molecular weight excluding hydrogens is 338 g/mol. The van der Waals surface area contributed by atoms with Crippen LogP contribution in [0.3, 0.4) is 0 Å². The molecular formula is C16H19N7O3. The standard InChI is InChI=1S/C16H19N7O3/c1-9-12(10(2)23-16(20-9)21-15(17)22-23)6-13(24)19-8-14(25)18-7-11-4-3-5-26-11/h3-5H,6-8H2,1-2H3,(H2,17,22)(H,18,25)(H,19,24). The fraction of sp³-hybridized carbons (Fsp3) is 0.312. The maximum absolute atomic E-state index is 12.2. The number of fused-ring (bicyclic) bond motifs is 1. The zero-order valence-corrected chi connectivity index (χ0v) is 14.4. The summed E-state index contributed by atoms with van der Waals surface area (Å²) in [6.07, 6.45) is 1.60. The number of nitrogen functional groups attached to an aromatic ring is 1. The quantitative estimate of drug-likeness (QED) is 0.559. The molecule has 0 radical (unpaired) electrons. The van der Waals surface area contributed by atoms with Crippen molar-refractivity contribution >= 4 is 23.5 Å². The van der Waals surface area contributed by atoms with Gasteiger partial charge in [0, 0.05) is 17.0 Å². The van der Waals surface area contributed by atoms with Crippen molar-refractivity contribution in [3.05, 3.63) is 41.1 Å². The van der Waals surface area contributed by atoms with Crippen molar-refractivity contribution in [1.82, 2.24) is 30.2 Å². The molecule has 10 heteroatoms. The van der Waals surface area contributed by atoms with Crippen molar-refractivity contribution in [2.24, 2.45) is 0 Å². The number of amides is 2. The topological polar surface area (TPSA) is 140 Å². The van der Waals surface area contributed by atoms with Crippen LogP contribution in [0.5, 0.6) is 0 Å². The van der Waals surface area contributed by atoms with Crippen LogP contribution >= 0.6 is 0 Å². The zero-order valence-electron chi connectivity index (χ0n) is 14.4. The molecule has 3 heterocycles. The molecule has 0 aliphatic heterocycles. The number of carbonyl (C=O) groups is 2. The molecule has 3 aromatic heterocycles. The second-order valence-electron chi connectivity index (χ2n) is 5.75. The minimum atomic E-state index is -0.305. The summed E-state index contributed by atoms with van der Waals surface area (Å²) >= 11 is 0. The van der Waals surface area contributed by atoms with Gasteiger partial charge in [-0.05, 0) is 26.0 Å². The summed E-state index contributed by atoms with van der Waals surface area (Å²) in [6.45, 7) is 3.75. The van der Waals surface area contributed by atoms with E-state index in [4.69, 9.17) is 10.2 Å². The van der Waals surface area contributed by atoms with Crippen LogP contribution in [0.2, 0.25) is 0 Å². The van der Waals surface area contributed by atoms with Gasteiger partial charge in [0.1, 0.15) is 5.76 Å². The summed E-state index contributed by atoms with van der Waals surface area (Å²) in [4.78, 5) is 32.3. The number of carbonyl (C=O) groups excluding carboxylic acids is 2. The molecule has 136 valence electrons. The number of nitrogens with two attached hydrogens (primary N) is 1. The molecule has 0 saturated heterocycles. The van der Waals surface area contributed by atoms with Crippen molar-refractivity contribution in [2.75, 3.05) is 12.3 Å². The maximum Gasteiger partial charge on any atom is 0.254 e. The number of rotatable bonds is 6.